The van der Waals surface area contributed by atoms with Gasteiger partial charge in [-0.1, -0.05) is 12.1 Å². The Balaban J connectivity index is 0.00000220. The summed E-state index contributed by atoms with van der Waals surface area (Å²) in [6, 6.07) is 7.51. The molecule has 21 heavy (non-hydrogen) atoms. The van der Waals surface area contributed by atoms with E-state index in [1.54, 1.807) is 13.0 Å². The minimum absolute atomic E-state index is 0. The van der Waals surface area contributed by atoms with E-state index in [1.165, 1.54) is 0 Å². The minimum Gasteiger partial charge on any atom is -0.352 e. The fourth-order valence-corrected chi connectivity index (χ4v) is 1.88. The van der Waals surface area contributed by atoms with E-state index in [0.717, 1.165) is 18.4 Å². The Morgan fingerprint density at radius 1 is 1.38 bits per heavy atom. The number of amides is 2. The first-order valence-electron chi connectivity index (χ1n) is 6.96. The van der Waals surface area contributed by atoms with Gasteiger partial charge in [0.05, 0.1) is 0 Å². The molecule has 0 heterocycles. The van der Waals surface area contributed by atoms with E-state index < -0.39 is 0 Å². The van der Waals surface area contributed by atoms with Crippen LogP contribution < -0.4 is 16.4 Å². The molecule has 1 unspecified atom stereocenters. The van der Waals surface area contributed by atoms with E-state index in [0.29, 0.717) is 24.6 Å². The van der Waals surface area contributed by atoms with Crippen molar-refractivity contribution < 1.29 is 9.59 Å². The van der Waals surface area contributed by atoms with E-state index >= 15 is 0 Å². The van der Waals surface area contributed by atoms with Crippen molar-refractivity contribution in [3.05, 3.63) is 35.4 Å². The molecule has 0 bridgehead atoms. The molecule has 2 rings (SSSR count). The zero-order chi connectivity index (χ0) is 14.5. The number of rotatable bonds is 6. The second-order valence-corrected chi connectivity index (χ2v) is 5.41. The van der Waals surface area contributed by atoms with Crippen LogP contribution in [-0.4, -0.2) is 23.9 Å². The highest BCUT2D eigenvalue weighted by Gasteiger charge is 2.23. The average Bonchev–Trinajstić information content (AvgIpc) is 3.20. The van der Waals surface area contributed by atoms with Gasteiger partial charge in [-0.2, -0.15) is 0 Å². The zero-order valence-electron chi connectivity index (χ0n) is 12.1. The number of nitrogens with two attached hydrogens (primary N) is 1. The average molecular weight is 312 g/mol. The third-order valence-electron chi connectivity index (χ3n) is 3.10. The van der Waals surface area contributed by atoms with Crippen molar-refractivity contribution in [1.82, 2.24) is 10.6 Å². The fraction of sp³-hybridized carbons (Fsp3) is 0.467. The van der Waals surface area contributed by atoms with Crippen molar-refractivity contribution >= 4 is 24.2 Å². The summed E-state index contributed by atoms with van der Waals surface area (Å²) < 4.78 is 0. The van der Waals surface area contributed by atoms with E-state index in [2.05, 4.69) is 10.6 Å². The molecule has 1 aliphatic rings. The third kappa shape index (κ3) is 6.14. The van der Waals surface area contributed by atoms with Crippen LogP contribution in [0.5, 0.6) is 0 Å². The zero-order valence-corrected chi connectivity index (χ0v) is 12.9. The number of hydrogen-bond donors (Lipinski definition) is 3. The van der Waals surface area contributed by atoms with Gasteiger partial charge in [-0.25, -0.2) is 0 Å². The molecule has 1 aliphatic carbocycles. The molecule has 1 atom stereocenters. The Morgan fingerprint density at radius 3 is 2.71 bits per heavy atom. The molecule has 2 amide bonds. The molecule has 0 radical (unpaired) electrons. The van der Waals surface area contributed by atoms with E-state index in [1.807, 2.05) is 18.2 Å². The lowest BCUT2D eigenvalue weighted by Gasteiger charge is -2.09. The molecule has 116 valence electrons. The van der Waals surface area contributed by atoms with Crippen molar-refractivity contribution in [2.45, 2.75) is 44.8 Å². The van der Waals surface area contributed by atoms with Crippen LogP contribution in [-0.2, 0) is 11.3 Å². The van der Waals surface area contributed by atoms with Gasteiger partial charge in [0.15, 0.2) is 0 Å². The molecule has 0 saturated heterocycles. The van der Waals surface area contributed by atoms with Crippen molar-refractivity contribution in [3.63, 3.8) is 0 Å². The molecule has 1 aromatic carbocycles. The van der Waals surface area contributed by atoms with E-state index in [9.17, 15) is 9.59 Å². The monoisotopic (exact) mass is 311 g/mol. The maximum absolute atomic E-state index is 11.9. The Morgan fingerprint density at radius 2 is 2.10 bits per heavy atom. The lowest BCUT2D eigenvalue weighted by atomic mass is 10.1. The fourth-order valence-electron chi connectivity index (χ4n) is 1.88. The Labute approximate surface area is 131 Å². The molecule has 0 aliphatic heterocycles. The van der Waals surface area contributed by atoms with Crippen molar-refractivity contribution in [3.8, 4) is 0 Å². The van der Waals surface area contributed by atoms with Crippen molar-refractivity contribution in [2.24, 2.45) is 5.73 Å². The smallest absolute Gasteiger partial charge is 0.251 e. The maximum Gasteiger partial charge on any atom is 0.251 e. The van der Waals surface area contributed by atoms with Crippen LogP contribution in [0.3, 0.4) is 0 Å². The van der Waals surface area contributed by atoms with E-state index in [-0.39, 0.29) is 30.3 Å². The highest BCUT2D eigenvalue weighted by atomic mass is 35.5. The predicted octanol–water partition coefficient (Wildman–Crippen LogP) is 1.35. The number of benzene rings is 1. The number of carbonyl (C=O) groups is 2. The molecule has 1 saturated carbocycles. The summed E-state index contributed by atoms with van der Waals surface area (Å²) in [6.07, 6.45) is 2.44. The predicted molar refractivity (Wildman–Crippen MR) is 84.3 cm³/mol. The molecular weight excluding hydrogens is 290 g/mol. The quantitative estimate of drug-likeness (QED) is 0.741. The highest BCUT2D eigenvalue weighted by molar-refractivity contribution is 5.94. The van der Waals surface area contributed by atoms with Crippen LogP contribution in [0.1, 0.15) is 42.1 Å². The lowest BCUT2D eigenvalue weighted by molar-refractivity contribution is -0.121. The first kappa shape index (κ1) is 17.5. The van der Waals surface area contributed by atoms with Gasteiger partial charge in [0.2, 0.25) is 5.91 Å². The summed E-state index contributed by atoms with van der Waals surface area (Å²) in [5, 5.41) is 5.74. The number of hydrogen-bond acceptors (Lipinski definition) is 3. The van der Waals surface area contributed by atoms with Gasteiger partial charge in [-0.3, -0.25) is 9.59 Å². The maximum atomic E-state index is 11.9. The van der Waals surface area contributed by atoms with Crippen LogP contribution in [0.2, 0.25) is 0 Å². The van der Waals surface area contributed by atoms with Crippen LogP contribution in [0.4, 0.5) is 0 Å². The molecule has 6 heteroatoms. The molecule has 4 N–H and O–H groups in total. The first-order chi connectivity index (χ1) is 9.54. The Bertz CT molecular complexity index is 501. The second-order valence-electron chi connectivity index (χ2n) is 5.41. The first-order valence-corrected chi connectivity index (χ1v) is 6.96. The normalized spacial score (nSPS) is 14.8. The molecule has 5 nitrogen and oxygen atoms in total. The summed E-state index contributed by atoms with van der Waals surface area (Å²) in [7, 11) is 0. The summed E-state index contributed by atoms with van der Waals surface area (Å²) >= 11 is 0. The Kier molecular flexibility index (Phi) is 6.65. The van der Waals surface area contributed by atoms with Gasteiger partial charge in [-0.15, -0.1) is 12.4 Å². The van der Waals surface area contributed by atoms with Gasteiger partial charge in [0, 0.05) is 30.6 Å². The molecule has 1 fully saturated rings. The number of nitrogens with one attached hydrogen (secondary N) is 2. The van der Waals surface area contributed by atoms with E-state index in [4.69, 9.17) is 5.73 Å². The summed E-state index contributed by atoms with van der Waals surface area (Å²) in [5.74, 6) is -0.121. The molecule has 1 aromatic rings. The summed E-state index contributed by atoms with van der Waals surface area (Å²) in [6.45, 7) is 2.21. The highest BCUT2D eigenvalue weighted by Crippen LogP contribution is 2.19. The van der Waals surface area contributed by atoms with Gasteiger partial charge in [0.25, 0.3) is 5.91 Å². The summed E-state index contributed by atoms with van der Waals surface area (Å²) in [5.41, 5.74) is 7.11. The van der Waals surface area contributed by atoms with Crippen molar-refractivity contribution in [1.29, 1.82) is 0 Å². The largest absolute Gasteiger partial charge is 0.352 e. The summed E-state index contributed by atoms with van der Waals surface area (Å²) in [4.78, 5) is 23.4. The van der Waals surface area contributed by atoms with Crippen LogP contribution in [0.15, 0.2) is 24.3 Å². The van der Waals surface area contributed by atoms with Gasteiger partial charge < -0.3 is 16.4 Å². The standard InChI is InChI=1S/C15H21N3O2.ClH/c1-10(16)7-14(19)17-9-11-3-2-4-12(8-11)15(20)18-13-5-6-13;/h2-4,8,10,13H,5-7,9,16H2,1H3,(H,17,19)(H,18,20);1H. The number of halogens is 1. The minimum atomic E-state index is -0.148. The van der Waals surface area contributed by atoms with Gasteiger partial charge in [0.1, 0.15) is 0 Å². The van der Waals surface area contributed by atoms with Crippen LogP contribution in [0.25, 0.3) is 0 Å². The van der Waals surface area contributed by atoms with Crippen LogP contribution >= 0.6 is 12.4 Å². The topological polar surface area (TPSA) is 84.2 Å². The van der Waals surface area contributed by atoms with Gasteiger partial charge >= 0.3 is 0 Å². The van der Waals surface area contributed by atoms with Crippen molar-refractivity contribution in [2.75, 3.05) is 0 Å². The Hall–Kier alpha value is -1.59. The third-order valence-corrected chi connectivity index (χ3v) is 3.10. The SMILES string of the molecule is CC(N)CC(=O)NCc1cccc(C(=O)NC2CC2)c1.Cl. The van der Waals surface area contributed by atoms with Gasteiger partial charge in [-0.05, 0) is 37.5 Å². The molecule has 0 aromatic heterocycles. The van der Waals surface area contributed by atoms with Crippen LogP contribution in [0, 0.1) is 0 Å². The molecule has 0 spiro atoms. The number of carbonyl (C=O) groups excluding carboxylic acids is 2. The lowest BCUT2D eigenvalue weighted by Crippen LogP contribution is -2.29. The molecular formula is C15H22ClN3O2. The second kappa shape index (κ2) is 8.00.